The van der Waals surface area contributed by atoms with Crippen LogP contribution in [0.15, 0.2) is 51.4 Å². The second-order valence-electron chi connectivity index (χ2n) is 4.96. The highest BCUT2D eigenvalue weighted by molar-refractivity contribution is 9.10. The lowest BCUT2D eigenvalue weighted by Crippen LogP contribution is -2.00. The summed E-state index contributed by atoms with van der Waals surface area (Å²) in [7, 11) is 0. The van der Waals surface area contributed by atoms with Gasteiger partial charge >= 0.3 is 0 Å². The van der Waals surface area contributed by atoms with Crippen LogP contribution in [0.1, 0.15) is 27.2 Å². The molecule has 0 bridgehead atoms. The maximum absolute atomic E-state index is 12.5. The van der Waals surface area contributed by atoms with Gasteiger partial charge < -0.3 is 4.42 Å². The summed E-state index contributed by atoms with van der Waals surface area (Å²) < 4.78 is 6.44. The Kier molecular flexibility index (Phi) is 3.22. The van der Waals surface area contributed by atoms with Crippen LogP contribution < -0.4 is 0 Å². The van der Waals surface area contributed by atoms with Gasteiger partial charge in [-0.25, -0.2) is 0 Å². The molecule has 3 aromatic rings. The van der Waals surface area contributed by atoms with Gasteiger partial charge in [0.15, 0.2) is 5.76 Å². The minimum absolute atomic E-state index is 0.106. The molecule has 0 amide bonds. The minimum Gasteiger partial charge on any atom is -0.453 e. The molecule has 1 aromatic heterocycles. The molecule has 3 rings (SSSR count). The zero-order valence-electron chi connectivity index (χ0n) is 11.2. The highest BCUT2D eigenvalue weighted by Gasteiger charge is 2.17. The molecule has 0 saturated heterocycles. The Morgan fingerprint density at radius 2 is 1.70 bits per heavy atom. The van der Waals surface area contributed by atoms with Crippen molar-refractivity contribution in [1.29, 1.82) is 0 Å². The first kappa shape index (κ1) is 13.1. The molecule has 3 heteroatoms. The molecule has 0 aliphatic heterocycles. The van der Waals surface area contributed by atoms with E-state index in [4.69, 9.17) is 4.42 Å². The van der Waals surface area contributed by atoms with E-state index < -0.39 is 0 Å². The van der Waals surface area contributed by atoms with Gasteiger partial charge in [0.1, 0.15) is 5.58 Å². The lowest BCUT2D eigenvalue weighted by molar-refractivity contribution is 0.101. The molecule has 20 heavy (non-hydrogen) atoms. The Morgan fingerprint density at radius 1 is 1.00 bits per heavy atom. The van der Waals surface area contributed by atoms with Crippen LogP contribution in [0, 0.1) is 13.8 Å². The average molecular weight is 329 g/mol. The summed E-state index contributed by atoms with van der Waals surface area (Å²) in [6.07, 6.45) is 0. The van der Waals surface area contributed by atoms with E-state index in [2.05, 4.69) is 15.9 Å². The van der Waals surface area contributed by atoms with Crippen LogP contribution in [0.2, 0.25) is 0 Å². The van der Waals surface area contributed by atoms with Gasteiger partial charge in [-0.3, -0.25) is 4.79 Å². The van der Waals surface area contributed by atoms with Crippen molar-refractivity contribution >= 4 is 32.7 Å². The molecule has 0 aliphatic rings. The number of hydrogen-bond acceptors (Lipinski definition) is 2. The van der Waals surface area contributed by atoms with Crippen LogP contribution in [-0.2, 0) is 0 Å². The number of carbonyl (C=O) groups is 1. The number of furan rings is 1. The van der Waals surface area contributed by atoms with Gasteiger partial charge in [-0.15, -0.1) is 0 Å². The van der Waals surface area contributed by atoms with Crippen molar-refractivity contribution in [3.05, 3.63) is 69.4 Å². The summed E-state index contributed by atoms with van der Waals surface area (Å²) in [5, 5.41) is 0.955. The molecule has 0 fully saturated rings. The van der Waals surface area contributed by atoms with E-state index in [1.54, 1.807) is 6.07 Å². The normalized spacial score (nSPS) is 10.9. The molecular formula is C17H13BrO2. The van der Waals surface area contributed by atoms with Crippen molar-refractivity contribution in [2.75, 3.05) is 0 Å². The first-order valence-corrected chi connectivity index (χ1v) is 7.15. The van der Waals surface area contributed by atoms with E-state index in [1.807, 2.05) is 50.2 Å². The third-order valence-electron chi connectivity index (χ3n) is 3.26. The van der Waals surface area contributed by atoms with Gasteiger partial charge in [0.05, 0.1) is 0 Å². The molecule has 2 nitrogen and oxygen atoms in total. The van der Waals surface area contributed by atoms with Crippen LogP contribution in [0.4, 0.5) is 0 Å². The predicted octanol–water partition coefficient (Wildman–Crippen LogP) is 5.04. The summed E-state index contributed by atoms with van der Waals surface area (Å²) in [5.41, 5.74) is 3.61. The lowest BCUT2D eigenvalue weighted by Gasteiger charge is -2.02. The quantitative estimate of drug-likeness (QED) is 0.616. The molecule has 0 spiro atoms. The van der Waals surface area contributed by atoms with Gasteiger partial charge in [-0.05, 0) is 49.7 Å². The van der Waals surface area contributed by atoms with E-state index in [1.165, 1.54) is 0 Å². The Morgan fingerprint density at radius 3 is 2.45 bits per heavy atom. The lowest BCUT2D eigenvalue weighted by atomic mass is 10.1. The van der Waals surface area contributed by atoms with Crippen molar-refractivity contribution in [3.63, 3.8) is 0 Å². The standard InChI is InChI=1S/C17H13BrO2/c1-10-4-6-15-12(7-10)9-16(20-15)17(19)13-5-3-11(2)8-14(13)18/h3-9H,1-2H3. The number of carbonyl (C=O) groups excluding carboxylic acids is 1. The molecule has 0 N–H and O–H groups in total. The van der Waals surface area contributed by atoms with Gasteiger partial charge in [0.2, 0.25) is 5.78 Å². The largest absolute Gasteiger partial charge is 0.453 e. The van der Waals surface area contributed by atoms with Crippen molar-refractivity contribution in [2.24, 2.45) is 0 Å². The van der Waals surface area contributed by atoms with Crippen LogP contribution in [0.25, 0.3) is 11.0 Å². The SMILES string of the molecule is Cc1ccc(C(=O)c2cc3cc(C)ccc3o2)c(Br)c1. The number of aryl methyl sites for hydroxylation is 2. The number of ketones is 1. The molecule has 0 atom stereocenters. The molecule has 1 heterocycles. The molecule has 0 saturated carbocycles. The van der Waals surface area contributed by atoms with Crippen LogP contribution in [0.3, 0.4) is 0 Å². The highest BCUT2D eigenvalue weighted by Crippen LogP contribution is 2.26. The molecule has 100 valence electrons. The Labute approximate surface area is 125 Å². The second-order valence-corrected chi connectivity index (χ2v) is 5.82. The molecule has 0 radical (unpaired) electrons. The predicted molar refractivity (Wildman–Crippen MR) is 83.3 cm³/mol. The van der Waals surface area contributed by atoms with E-state index in [-0.39, 0.29) is 5.78 Å². The Bertz CT molecular complexity index is 815. The van der Waals surface area contributed by atoms with Crippen molar-refractivity contribution in [1.82, 2.24) is 0 Å². The summed E-state index contributed by atoms with van der Waals surface area (Å²) in [4.78, 5) is 12.5. The van der Waals surface area contributed by atoms with Gasteiger partial charge in [0.25, 0.3) is 0 Å². The fraction of sp³-hybridized carbons (Fsp3) is 0.118. The summed E-state index contributed by atoms with van der Waals surface area (Å²) in [5.74, 6) is 0.265. The first-order valence-electron chi connectivity index (χ1n) is 6.35. The molecule has 2 aromatic carbocycles. The van der Waals surface area contributed by atoms with Crippen molar-refractivity contribution < 1.29 is 9.21 Å². The van der Waals surface area contributed by atoms with Crippen LogP contribution in [-0.4, -0.2) is 5.78 Å². The summed E-state index contributed by atoms with van der Waals surface area (Å²) in [6.45, 7) is 4.01. The minimum atomic E-state index is -0.106. The number of rotatable bonds is 2. The van der Waals surface area contributed by atoms with E-state index >= 15 is 0 Å². The zero-order chi connectivity index (χ0) is 14.3. The van der Waals surface area contributed by atoms with E-state index in [0.717, 1.165) is 26.6 Å². The summed E-state index contributed by atoms with van der Waals surface area (Å²) in [6, 6.07) is 13.4. The van der Waals surface area contributed by atoms with Crippen molar-refractivity contribution in [3.8, 4) is 0 Å². The van der Waals surface area contributed by atoms with Gasteiger partial charge in [0, 0.05) is 15.4 Å². The zero-order valence-corrected chi connectivity index (χ0v) is 12.8. The third kappa shape index (κ3) is 2.29. The van der Waals surface area contributed by atoms with Crippen LogP contribution >= 0.6 is 15.9 Å². The first-order chi connectivity index (χ1) is 9.54. The van der Waals surface area contributed by atoms with Gasteiger partial charge in [-0.2, -0.15) is 0 Å². The Hall–Kier alpha value is -1.87. The number of benzene rings is 2. The molecule has 0 unspecified atom stereocenters. The molecule has 0 aliphatic carbocycles. The second kappa shape index (κ2) is 4.91. The smallest absolute Gasteiger partial charge is 0.229 e. The monoisotopic (exact) mass is 328 g/mol. The van der Waals surface area contributed by atoms with Crippen molar-refractivity contribution in [2.45, 2.75) is 13.8 Å². The maximum Gasteiger partial charge on any atom is 0.229 e. The van der Waals surface area contributed by atoms with E-state index in [0.29, 0.717) is 11.3 Å². The summed E-state index contributed by atoms with van der Waals surface area (Å²) >= 11 is 3.44. The topological polar surface area (TPSA) is 30.2 Å². The fourth-order valence-electron chi connectivity index (χ4n) is 2.21. The maximum atomic E-state index is 12.5. The number of hydrogen-bond donors (Lipinski definition) is 0. The van der Waals surface area contributed by atoms with Crippen LogP contribution in [0.5, 0.6) is 0 Å². The fourth-order valence-corrected chi connectivity index (χ4v) is 2.89. The number of halogens is 1. The highest BCUT2D eigenvalue weighted by atomic mass is 79.9. The Balaban J connectivity index is 2.08. The van der Waals surface area contributed by atoms with Gasteiger partial charge in [-0.1, -0.05) is 33.6 Å². The molecular weight excluding hydrogens is 316 g/mol. The average Bonchev–Trinajstić information content (AvgIpc) is 2.81. The van der Waals surface area contributed by atoms with E-state index in [9.17, 15) is 4.79 Å². The number of fused-ring (bicyclic) bond motifs is 1. The third-order valence-corrected chi connectivity index (χ3v) is 3.92.